The van der Waals surface area contributed by atoms with E-state index >= 15 is 0 Å². The van der Waals surface area contributed by atoms with Crippen molar-refractivity contribution in [2.24, 2.45) is 11.8 Å². The van der Waals surface area contributed by atoms with E-state index in [9.17, 15) is 4.79 Å². The normalized spacial score (nSPS) is 26.4. The molecule has 0 bridgehead atoms. The third-order valence-corrected chi connectivity index (χ3v) is 4.15. The van der Waals surface area contributed by atoms with E-state index in [-0.39, 0.29) is 5.92 Å². The SMILES string of the molecule is O=C(O)C1CC1Cc1ccc2c(c1)CCCC2. The van der Waals surface area contributed by atoms with Crippen LogP contribution in [0.25, 0.3) is 0 Å². The number of carboxylic acids is 1. The Balaban J connectivity index is 1.70. The topological polar surface area (TPSA) is 37.3 Å². The highest BCUT2D eigenvalue weighted by molar-refractivity contribution is 5.73. The van der Waals surface area contributed by atoms with Crippen molar-refractivity contribution in [3.63, 3.8) is 0 Å². The Morgan fingerprint density at radius 1 is 1.24 bits per heavy atom. The van der Waals surface area contributed by atoms with Gasteiger partial charge in [-0.3, -0.25) is 4.79 Å². The summed E-state index contributed by atoms with van der Waals surface area (Å²) in [7, 11) is 0. The van der Waals surface area contributed by atoms with Gasteiger partial charge in [-0.15, -0.1) is 0 Å². The molecule has 2 nitrogen and oxygen atoms in total. The van der Waals surface area contributed by atoms with Crippen LogP contribution < -0.4 is 0 Å². The van der Waals surface area contributed by atoms with E-state index in [2.05, 4.69) is 18.2 Å². The molecule has 2 aliphatic rings. The van der Waals surface area contributed by atoms with Crippen LogP contribution in [0, 0.1) is 11.8 Å². The molecule has 0 saturated heterocycles. The minimum absolute atomic E-state index is 0.0777. The Morgan fingerprint density at radius 2 is 2.00 bits per heavy atom. The molecule has 2 aliphatic carbocycles. The fourth-order valence-electron chi connectivity index (χ4n) is 2.99. The van der Waals surface area contributed by atoms with Crippen LogP contribution >= 0.6 is 0 Å². The number of carbonyl (C=O) groups is 1. The number of benzene rings is 1. The molecule has 1 N–H and O–H groups in total. The highest BCUT2D eigenvalue weighted by atomic mass is 16.4. The van der Waals surface area contributed by atoms with Gasteiger partial charge < -0.3 is 5.11 Å². The minimum atomic E-state index is -0.618. The van der Waals surface area contributed by atoms with Crippen LogP contribution in [0.1, 0.15) is 36.0 Å². The molecule has 2 atom stereocenters. The lowest BCUT2D eigenvalue weighted by atomic mass is 9.89. The largest absolute Gasteiger partial charge is 0.481 e. The van der Waals surface area contributed by atoms with Gasteiger partial charge in [0.25, 0.3) is 0 Å². The number of hydrogen-bond donors (Lipinski definition) is 1. The molecule has 1 saturated carbocycles. The number of aliphatic carboxylic acids is 1. The zero-order valence-corrected chi connectivity index (χ0v) is 9.98. The predicted octanol–water partition coefficient (Wildman–Crippen LogP) is 2.83. The molecule has 1 aromatic rings. The first-order chi connectivity index (χ1) is 8.24. The van der Waals surface area contributed by atoms with Crippen LogP contribution in [-0.4, -0.2) is 11.1 Å². The monoisotopic (exact) mass is 230 g/mol. The predicted molar refractivity (Wildman–Crippen MR) is 66.0 cm³/mol. The summed E-state index contributed by atoms with van der Waals surface area (Å²) in [5.41, 5.74) is 4.34. The maximum atomic E-state index is 10.8. The molecule has 0 amide bonds. The Labute approximate surface area is 102 Å². The Kier molecular flexibility index (Phi) is 2.65. The molecule has 2 heteroatoms. The van der Waals surface area contributed by atoms with E-state index in [0.29, 0.717) is 5.92 Å². The second-order valence-electron chi connectivity index (χ2n) is 5.45. The number of rotatable bonds is 3. The van der Waals surface area contributed by atoms with Crippen molar-refractivity contribution in [2.75, 3.05) is 0 Å². The third-order valence-electron chi connectivity index (χ3n) is 4.15. The molecular formula is C15H18O2. The Morgan fingerprint density at radius 3 is 2.71 bits per heavy atom. The lowest BCUT2D eigenvalue weighted by Gasteiger charge is -2.16. The van der Waals surface area contributed by atoms with Crippen molar-refractivity contribution in [1.29, 1.82) is 0 Å². The van der Waals surface area contributed by atoms with Crippen molar-refractivity contribution in [1.82, 2.24) is 0 Å². The van der Waals surface area contributed by atoms with E-state index in [1.807, 2.05) is 0 Å². The molecule has 0 radical (unpaired) electrons. The van der Waals surface area contributed by atoms with E-state index in [4.69, 9.17) is 5.11 Å². The fraction of sp³-hybridized carbons (Fsp3) is 0.533. The van der Waals surface area contributed by atoms with Crippen LogP contribution in [0.3, 0.4) is 0 Å². The van der Waals surface area contributed by atoms with Crippen LogP contribution in [0.5, 0.6) is 0 Å². The van der Waals surface area contributed by atoms with Gasteiger partial charge in [0.1, 0.15) is 0 Å². The van der Waals surface area contributed by atoms with E-state index in [1.165, 1.54) is 42.4 Å². The molecule has 0 spiro atoms. The van der Waals surface area contributed by atoms with Crippen LogP contribution in [0.2, 0.25) is 0 Å². The maximum absolute atomic E-state index is 10.8. The second kappa shape index (κ2) is 4.17. The Hall–Kier alpha value is -1.31. The van der Waals surface area contributed by atoms with Gasteiger partial charge in [0.2, 0.25) is 0 Å². The van der Waals surface area contributed by atoms with E-state index < -0.39 is 5.97 Å². The average Bonchev–Trinajstić information content (AvgIpc) is 3.08. The molecule has 0 heterocycles. The fourth-order valence-corrected chi connectivity index (χ4v) is 2.99. The zero-order chi connectivity index (χ0) is 11.8. The average molecular weight is 230 g/mol. The molecule has 1 aromatic carbocycles. The quantitative estimate of drug-likeness (QED) is 0.867. The molecular weight excluding hydrogens is 212 g/mol. The molecule has 90 valence electrons. The van der Waals surface area contributed by atoms with Crippen molar-refractivity contribution >= 4 is 5.97 Å². The molecule has 1 fully saturated rings. The van der Waals surface area contributed by atoms with E-state index in [1.54, 1.807) is 0 Å². The summed E-state index contributed by atoms with van der Waals surface area (Å²) in [6.07, 6.45) is 6.86. The summed E-state index contributed by atoms with van der Waals surface area (Å²) in [4.78, 5) is 10.8. The zero-order valence-electron chi connectivity index (χ0n) is 9.98. The van der Waals surface area contributed by atoms with Gasteiger partial charge in [0.05, 0.1) is 5.92 Å². The summed E-state index contributed by atoms with van der Waals surface area (Å²) < 4.78 is 0. The summed E-state index contributed by atoms with van der Waals surface area (Å²) in [5.74, 6) is -0.312. The highest BCUT2D eigenvalue weighted by Crippen LogP contribution is 2.41. The van der Waals surface area contributed by atoms with Gasteiger partial charge in [-0.1, -0.05) is 18.2 Å². The molecule has 3 rings (SSSR count). The van der Waals surface area contributed by atoms with Crippen molar-refractivity contribution in [3.8, 4) is 0 Å². The van der Waals surface area contributed by atoms with Gasteiger partial charge in [0.15, 0.2) is 0 Å². The van der Waals surface area contributed by atoms with E-state index in [0.717, 1.165) is 12.8 Å². The van der Waals surface area contributed by atoms with Crippen molar-refractivity contribution in [2.45, 2.75) is 38.5 Å². The van der Waals surface area contributed by atoms with Gasteiger partial charge in [-0.05, 0) is 61.1 Å². The lowest BCUT2D eigenvalue weighted by Crippen LogP contribution is -2.04. The molecule has 2 unspecified atom stereocenters. The standard InChI is InChI=1S/C15H18O2/c16-15(17)14-9-13(14)8-10-5-6-11-3-1-2-4-12(11)7-10/h5-7,13-14H,1-4,8-9H2,(H,16,17). The smallest absolute Gasteiger partial charge is 0.306 e. The Bertz CT molecular complexity index is 450. The van der Waals surface area contributed by atoms with Crippen LogP contribution in [-0.2, 0) is 24.1 Å². The third kappa shape index (κ3) is 2.21. The van der Waals surface area contributed by atoms with Crippen LogP contribution in [0.4, 0.5) is 0 Å². The molecule has 0 aromatic heterocycles. The summed E-state index contributed by atoms with van der Waals surface area (Å²) >= 11 is 0. The van der Waals surface area contributed by atoms with Gasteiger partial charge >= 0.3 is 5.97 Å². The summed E-state index contributed by atoms with van der Waals surface area (Å²) in [6.45, 7) is 0. The maximum Gasteiger partial charge on any atom is 0.306 e. The number of hydrogen-bond acceptors (Lipinski definition) is 1. The number of aryl methyl sites for hydroxylation is 2. The van der Waals surface area contributed by atoms with Gasteiger partial charge in [-0.25, -0.2) is 0 Å². The molecule has 0 aliphatic heterocycles. The second-order valence-corrected chi connectivity index (χ2v) is 5.45. The van der Waals surface area contributed by atoms with Crippen LogP contribution in [0.15, 0.2) is 18.2 Å². The lowest BCUT2D eigenvalue weighted by molar-refractivity contribution is -0.138. The summed E-state index contributed by atoms with van der Waals surface area (Å²) in [6, 6.07) is 6.76. The number of carboxylic acid groups (broad SMARTS) is 1. The first-order valence-corrected chi connectivity index (χ1v) is 6.57. The van der Waals surface area contributed by atoms with Crippen molar-refractivity contribution < 1.29 is 9.90 Å². The van der Waals surface area contributed by atoms with Crippen molar-refractivity contribution in [3.05, 3.63) is 34.9 Å². The van der Waals surface area contributed by atoms with Gasteiger partial charge in [0, 0.05) is 0 Å². The molecule has 17 heavy (non-hydrogen) atoms. The highest BCUT2D eigenvalue weighted by Gasteiger charge is 2.42. The van der Waals surface area contributed by atoms with Gasteiger partial charge in [-0.2, -0.15) is 0 Å². The summed E-state index contributed by atoms with van der Waals surface area (Å²) in [5, 5.41) is 8.89. The number of fused-ring (bicyclic) bond motifs is 1. The minimum Gasteiger partial charge on any atom is -0.481 e. The first kappa shape index (κ1) is 10.8. The first-order valence-electron chi connectivity index (χ1n) is 6.57.